The summed E-state index contributed by atoms with van der Waals surface area (Å²) in [5.41, 5.74) is 1.27. The number of nitrogens with one attached hydrogen (secondary N) is 1. The van der Waals surface area contributed by atoms with Crippen LogP contribution >= 0.6 is 0 Å². The molecule has 118 valence electrons. The quantitative estimate of drug-likeness (QED) is 0.835. The van der Waals surface area contributed by atoms with Crippen LogP contribution in [0.15, 0.2) is 24.3 Å². The van der Waals surface area contributed by atoms with Crippen LogP contribution in [0.3, 0.4) is 0 Å². The minimum absolute atomic E-state index is 0.787. The fraction of sp³-hybridized carbons (Fsp3) is 0.667. The van der Waals surface area contributed by atoms with E-state index in [1.54, 1.807) is 0 Å². The van der Waals surface area contributed by atoms with E-state index in [-0.39, 0.29) is 0 Å². The molecule has 0 aromatic heterocycles. The highest BCUT2D eigenvalue weighted by molar-refractivity contribution is 5.28. The lowest BCUT2D eigenvalue weighted by Gasteiger charge is -2.33. The van der Waals surface area contributed by atoms with E-state index in [0.29, 0.717) is 0 Å². The summed E-state index contributed by atoms with van der Waals surface area (Å²) in [5.74, 6) is 2.73. The van der Waals surface area contributed by atoms with E-state index in [1.807, 2.05) is 13.1 Å². The van der Waals surface area contributed by atoms with Crippen LogP contribution in [0.4, 0.5) is 0 Å². The van der Waals surface area contributed by atoms with Crippen molar-refractivity contribution < 1.29 is 4.74 Å². The minimum atomic E-state index is 0.787. The maximum Gasteiger partial charge on any atom is 0.119 e. The van der Waals surface area contributed by atoms with Gasteiger partial charge in [-0.15, -0.1) is 0 Å². The Balaban J connectivity index is 1.69. The normalized spacial score (nSPS) is 17.3. The Morgan fingerprint density at radius 3 is 2.71 bits per heavy atom. The van der Waals surface area contributed by atoms with Crippen LogP contribution in [-0.2, 0) is 6.54 Å². The molecule has 0 bridgehead atoms. The smallest absolute Gasteiger partial charge is 0.119 e. The Labute approximate surface area is 129 Å². The van der Waals surface area contributed by atoms with Crippen molar-refractivity contribution in [2.45, 2.75) is 33.2 Å². The Kier molecular flexibility index (Phi) is 6.52. The lowest BCUT2D eigenvalue weighted by atomic mass is 9.87. The van der Waals surface area contributed by atoms with E-state index in [0.717, 1.165) is 37.3 Å². The average Bonchev–Trinajstić information content (AvgIpc) is 2.48. The first-order valence-corrected chi connectivity index (χ1v) is 8.27. The van der Waals surface area contributed by atoms with Crippen molar-refractivity contribution in [1.82, 2.24) is 10.2 Å². The van der Waals surface area contributed by atoms with Crippen LogP contribution in [0.2, 0.25) is 0 Å². The van der Waals surface area contributed by atoms with Crippen LogP contribution in [0, 0.1) is 11.8 Å². The van der Waals surface area contributed by atoms with Crippen molar-refractivity contribution in [3.63, 3.8) is 0 Å². The Bertz CT molecular complexity index is 411. The van der Waals surface area contributed by atoms with E-state index >= 15 is 0 Å². The third kappa shape index (κ3) is 5.33. The first-order chi connectivity index (χ1) is 10.2. The summed E-state index contributed by atoms with van der Waals surface area (Å²) in [4.78, 5) is 2.54. The lowest BCUT2D eigenvalue weighted by molar-refractivity contribution is 0.136. The molecular weight excluding hydrogens is 260 g/mol. The number of hydrogen-bond acceptors (Lipinski definition) is 3. The van der Waals surface area contributed by atoms with Gasteiger partial charge in [0, 0.05) is 13.1 Å². The maximum absolute atomic E-state index is 5.90. The monoisotopic (exact) mass is 290 g/mol. The fourth-order valence-electron chi connectivity index (χ4n) is 3.09. The largest absolute Gasteiger partial charge is 0.492 e. The molecule has 21 heavy (non-hydrogen) atoms. The predicted octanol–water partition coefficient (Wildman–Crippen LogP) is 3.15. The van der Waals surface area contributed by atoms with Gasteiger partial charge in [-0.05, 0) is 62.5 Å². The molecule has 1 fully saturated rings. The van der Waals surface area contributed by atoms with Gasteiger partial charge in [-0.1, -0.05) is 26.0 Å². The number of rotatable bonds is 7. The summed E-state index contributed by atoms with van der Waals surface area (Å²) >= 11 is 0. The van der Waals surface area contributed by atoms with Gasteiger partial charge in [0.05, 0.1) is 0 Å². The van der Waals surface area contributed by atoms with Crippen LogP contribution in [0.1, 0.15) is 32.3 Å². The molecule has 0 atom stereocenters. The molecule has 0 amide bonds. The Morgan fingerprint density at radius 2 is 2.05 bits per heavy atom. The molecule has 0 unspecified atom stereocenters. The van der Waals surface area contributed by atoms with E-state index in [1.165, 1.54) is 31.5 Å². The molecule has 3 nitrogen and oxygen atoms in total. The summed E-state index contributed by atoms with van der Waals surface area (Å²) in [6, 6.07) is 8.36. The SMILES string of the molecule is CNCc1cccc(OCCN2CCC(C(C)C)CC2)c1. The molecule has 1 heterocycles. The molecule has 1 aliphatic rings. The summed E-state index contributed by atoms with van der Waals surface area (Å²) < 4.78 is 5.90. The molecule has 1 aromatic rings. The van der Waals surface area contributed by atoms with Crippen molar-refractivity contribution in [2.75, 3.05) is 33.3 Å². The second-order valence-electron chi connectivity index (χ2n) is 6.45. The second kappa shape index (κ2) is 8.40. The number of nitrogens with zero attached hydrogens (tertiary/aromatic N) is 1. The van der Waals surface area contributed by atoms with E-state index in [9.17, 15) is 0 Å². The third-order valence-electron chi connectivity index (χ3n) is 4.53. The maximum atomic E-state index is 5.90. The molecule has 2 rings (SSSR count). The molecule has 1 saturated heterocycles. The zero-order valence-electron chi connectivity index (χ0n) is 13.8. The van der Waals surface area contributed by atoms with Gasteiger partial charge in [-0.2, -0.15) is 0 Å². The van der Waals surface area contributed by atoms with Gasteiger partial charge in [0.25, 0.3) is 0 Å². The van der Waals surface area contributed by atoms with Crippen molar-refractivity contribution in [1.29, 1.82) is 0 Å². The molecular formula is C18H30N2O. The highest BCUT2D eigenvalue weighted by Crippen LogP contribution is 2.24. The lowest BCUT2D eigenvalue weighted by Crippen LogP contribution is -2.37. The number of hydrogen-bond donors (Lipinski definition) is 1. The number of ether oxygens (including phenoxy) is 1. The standard InChI is InChI=1S/C18H30N2O/c1-15(2)17-7-9-20(10-8-17)11-12-21-18-6-4-5-16(13-18)14-19-3/h4-6,13,15,17,19H,7-12,14H2,1-3H3. The predicted molar refractivity (Wildman–Crippen MR) is 88.7 cm³/mol. The van der Waals surface area contributed by atoms with E-state index in [2.05, 4.69) is 42.3 Å². The van der Waals surface area contributed by atoms with Gasteiger partial charge in [0.15, 0.2) is 0 Å². The average molecular weight is 290 g/mol. The second-order valence-corrected chi connectivity index (χ2v) is 6.45. The first-order valence-electron chi connectivity index (χ1n) is 8.27. The van der Waals surface area contributed by atoms with Gasteiger partial charge in [0.1, 0.15) is 12.4 Å². The molecule has 1 aromatic carbocycles. The summed E-state index contributed by atoms with van der Waals surface area (Å²) in [7, 11) is 1.97. The molecule has 0 spiro atoms. The third-order valence-corrected chi connectivity index (χ3v) is 4.53. The molecule has 1 N–H and O–H groups in total. The Morgan fingerprint density at radius 1 is 1.29 bits per heavy atom. The number of likely N-dealkylation sites (tertiary alicyclic amines) is 1. The van der Waals surface area contributed by atoms with Crippen molar-refractivity contribution in [3.8, 4) is 5.75 Å². The van der Waals surface area contributed by atoms with Gasteiger partial charge < -0.3 is 10.1 Å². The molecule has 0 radical (unpaired) electrons. The van der Waals surface area contributed by atoms with Crippen LogP contribution in [0.5, 0.6) is 5.75 Å². The molecule has 1 aliphatic heterocycles. The molecule has 0 aliphatic carbocycles. The van der Waals surface area contributed by atoms with Crippen molar-refractivity contribution >= 4 is 0 Å². The molecule has 0 saturated carbocycles. The van der Waals surface area contributed by atoms with Gasteiger partial charge in [0.2, 0.25) is 0 Å². The number of benzene rings is 1. The van der Waals surface area contributed by atoms with Crippen molar-refractivity contribution in [2.24, 2.45) is 11.8 Å². The highest BCUT2D eigenvalue weighted by Gasteiger charge is 2.21. The van der Waals surface area contributed by atoms with E-state index in [4.69, 9.17) is 4.74 Å². The highest BCUT2D eigenvalue weighted by atomic mass is 16.5. The van der Waals surface area contributed by atoms with Crippen LogP contribution < -0.4 is 10.1 Å². The van der Waals surface area contributed by atoms with Gasteiger partial charge in [-0.25, -0.2) is 0 Å². The summed E-state index contributed by atoms with van der Waals surface area (Å²) in [6.07, 6.45) is 2.69. The summed E-state index contributed by atoms with van der Waals surface area (Å²) in [6.45, 7) is 9.87. The fourth-order valence-corrected chi connectivity index (χ4v) is 3.09. The zero-order valence-corrected chi connectivity index (χ0v) is 13.8. The van der Waals surface area contributed by atoms with Crippen molar-refractivity contribution in [3.05, 3.63) is 29.8 Å². The molecule has 3 heteroatoms. The zero-order chi connectivity index (χ0) is 15.1. The Hall–Kier alpha value is -1.06. The van der Waals surface area contributed by atoms with Crippen LogP contribution in [-0.4, -0.2) is 38.2 Å². The van der Waals surface area contributed by atoms with Crippen LogP contribution in [0.25, 0.3) is 0 Å². The number of piperidine rings is 1. The minimum Gasteiger partial charge on any atom is -0.492 e. The topological polar surface area (TPSA) is 24.5 Å². The van der Waals surface area contributed by atoms with Gasteiger partial charge in [-0.3, -0.25) is 4.90 Å². The first kappa shape index (κ1) is 16.3. The van der Waals surface area contributed by atoms with E-state index < -0.39 is 0 Å². The van der Waals surface area contributed by atoms with Gasteiger partial charge >= 0.3 is 0 Å². The summed E-state index contributed by atoms with van der Waals surface area (Å²) in [5, 5.41) is 3.17.